The van der Waals surface area contributed by atoms with E-state index >= 15 is 0 Å². The summed E-state index contributed by atoms with van der Waals surface area (Å²) in [4.78, 5) is 49.7. The van der Waals surface area contributed by atoms with Gasteiger partial charge in [0.25, 0.3) is 11.1 Å². The molecule has 0 atom stereocenters. The van der Waals surface area contributed by atoms with E-state index in [1.807, 2.05) is 0 Å². The van der Waals surface area contributed by atoms with Crippen molar-refractivity contribution in [2.75, 3.05) is 26.1 Å². The van der Waals surface area contributed by atoms with Crippen molar-refractivity contribution < 1.29 is 28.7 Å². The summed E-state index contributed by atoms with van der Waals surface area (Å²) in [6.07, 6.45) is 1.53. The van der Waals surface area contributed by atoms with Crippen molar-refractivity contribution in [3.05, 3.63) is 64.6 Å². The van der Waals surface area contributed by atoms with Gasteiger partial charge in [-0.2, -0.15) is 0 Å². The first kappa shape index (κ1) is 21.1. The second-order valence-corrected chi connectivity index (χ2v) is 7.12. The molecule has 1 N–H and O–H groups in total. The Morgan fingerprint density at radius 3 is 2.43 bits per heavy atom. The second-order valence-electron chi connectivity index (χ2n) is 6.13. The Balaban J connectivity index is 1.69. The number of ether oxygens (including phenoxy) is 2. The van der Waals surface area contributed by atoms with Crippen molar-refractivity contribution in [1.82, 2.24) is 4.90 Å². The van der Waals surface area contributed by atoms with Gasteiger partial charge in [0.2, 0.25) is 5.91 Å². The van der Waals surface area contributed by atoms with Crippen LogP contribution in [0.3, 0.4) is 0 Å². The van der Waals surface area contributed by atoms with E-state index in [-0.39, 0.29) is 4.91 Å². The van der Waals surface area contributed by atoms with Crippen LogP contribution in [-0.4, -0.2) is 48.7 Å². The Hall–Kier alpha value is -3.59. The minimum absolute atomic E-state index is 0.191. The molecule has 0 saturated carbocycles. The minimum atomic E-state index is -0.558. The van der Waals surface area contributed by atoms with Gasteiger partial charge in [-0.1, -0.05) is 24.3 Å². The van der Waals surface area contributed by atoms with Crippen LogP contribution < -0.4 is 10.1 Å². The molecule has 9 heteroatoms. The Kier molecular flexibility index (Phi) is 6.53. The second kappa shape index (κ2) is 9.27. The summed E-state index contributed by atoms with van der Waals surface area (Å²) >= 11 is 0.750. The van der Waals surface area contributed by atoms with Gasteiger partial charge in [-0.15, -0.1) is 0 Å². The zero-order chi connectivity index (χ0) is 21.7. The molecular weight excluding hydrogens is 408 g/mol. The molecule has 1 aliphatic heterocycles. The maximum Gasteiger partial charge on any atom is 0.337 e. The highest BCUT2D eigenvalue weighted by atomic mass is 32.2. The number of thioether (sulfide) groups is 1. The molecule has 2 aromatic rings. The lowest BCUT2D eigenvalue weighted by atomic mass is 10.1. The van der Waals surface area contributed by atoms with E-state index in [4.69, 9.17) is 4.74 Å². The average molecular weight is 426 g/mol. The SMILES string of the molecule is COC(=O)c1ccc(/C=C2\SC(=O)N(CC(=O)Nc3ccccc3OC)C2=O)cc1. The molecule has 0 spiro atoms. The summed E-state index contributed by atoms with van der Waals surface area (Å²) in [5, 5.41) is 2.10. The minimum Gasteiger partial charge on any atom is -0.495 e. The fourth-order valence-corrected chi connectivity index (χ4v) is 3.54. The van der Waals surface area contributed by atoms with Gasteiger partial charge in [-0.25, -0.2) is 4.79 Å². The maximum absolute atomic E-state index is 12.6. The maximum atomic E-state index is 12.6. The van der Waals surface area contributed by atoms with Crippen LogP contribution in [-0.2, 0) is 14.3 Å². The molecule has 8 nitrogen and oxygen atoms in total. The van der Waals surface area contributed by atoms with E-state index in [2.05, 4.69) is 10.1 Å². The first-order chi connectivity index (χ1) is 14.4. The van der Waals surface area contributed by atoms with Gasteiger partial charge in [0.1, 0.15) is 12.3 Å². The van der Waals surface area contributed by atoms with E-state index in [9.17, 15) is 19.2 Å². The number of esters is 1. The largest absolute Gasteiger partial charge is 0.495 e. The van der Waals surface area contributed by atoms with Crippen molar-refractivity contribution in [3.8, 4) is 5.75 Å². The molecule has 154 valence electrons. The Morgan fingerprint density at radius 1 is 1.07 bits per heavy atom. The average Bonchev–Trinajstić information content (AvgIpc) is 3.01. The zero-order valence-electron chi connectivity index (χ0n) is 16.2. The number of benzene rings is 2. The van der Waals surface area contributed by atoms with Crippen LogP contribution in [0.25, 0.3) is 6.08 Å². The number of rotatable bonds is 6. The molecule has 3 amide bonds. The van der Waals surface area contributed by atoms with Crippen LogP contribution in [0.4, 0.5) is 10.5 Å². The van der Waals surface area contributed by atoms with Gasteiger partial charge in [-0.05, 0) is 47.7 Å². The van der Waals surface area contributed by atoms with E-state index in [0.29, 0.717) is 22.6 Å². The summed E-state index contributed by atoms with van der Waals surface area (Å²) in [7, 11) is 2.76. The number of hydrogen-bond acceptors (Lipinski definition) is 7. The summed E-state index contributed by atoms with van der Waals surface area (Å²) in [5.41, 5.74) is 1.45. The highest BCUT2D eigenvalue weighted by Crippen LogP contribution is 2.32. The zero-order valence-corrected chi connectivity index (χ0v) is 17.0. The standard InChI is InChI=1S/C21H18N2O6S/c1-28-16-6-4-3-5-15(16)22-18(24)12-23-19(25)17(30-21(23)27)11-13-7-9-14(10-8-13)20(26)29-2/h3-11H,12H2,1-2H3,(H,22,24)/b17-11-. The van der Waals surface area contributed by atoms with Crippen molar-refractivity contribution >= 4 is 46.5 Å². The third-order valence-electron chi connectivity index (χ3n) is 4.19. The Bertz CT molecular complexity index is 1030. The van der Waals surface area contributed by atoms with Crippen LogP contribution in [0.15, 0.2) is 53.4 Å². The van der Waals surface area contributed by atoms with Crippen molar-refractivity contribution in [2.24, 2.45) is 0 Å². The number of amides is 3. The molecule has 0 aliphatic carbocycles. The number of anilines is 1. The smallest absolute Gasteiger partial charge is 0.337 e. The number of carbonyl (C=O) groups is 4. The normalized spacial score (nSPS) is 14.7. The predicted octanol–water partition coefficient (Wildman–Crippen LogP) is 3.16. The molecule has 3 rings (SSSR count). The summed E-state index contributed by atoms with van der Waals surface area (Å²) < 4.78 is 9.81. The van der Waals surface area contributed by atoms with Gasteiger partial charge in [0, 0.05) is 0 Å². The van der Waals surface area contributed by atoms with Crippen molar-refractivity contribution in [3.63, 3.8) is 0 Å². The molecule has 1 aliphatic rings. The van der Waals surface area contributed by atoms with Crippen molar-refractivity contribution in [2.45, 2.75) is 0 Å². The first-order valence-electron chi connectivity index (χ1n) is 8.79. The van der Waals surface area contributed by atoms with Crippen LogP contribution in [0.5, 0.6) is 5.75 Å². The van der Waals surface area contributed by atoms with Crippen LogP contribution in [0, 0.1) is 0 Å². The third kappa shape index (κ3) is 4.69. The molecule has 0 aromatic heterocycles. The van der Waals surface area contributed by atoms with Gasteiger partial charge in [0.05, 0.1) is 30.4 Å². The van der Waals surface area contributed by atoms with Gasteiger partial charge >= 0.3 is 5.97 Å². The predicted molar refractivity (Wildman–Crippen MR) is 112 cm³/mol. The summed E-state index contributed by atoms with van der Waals surface area (Å²) in [6, 6.07) is 13.2. The van der Waals surface area contributed by atoms with E-state index in [1.54, 1.807) is 48.5 Å². The number of methoxy groups -OCH3 is 2. The highest BCUT2D eigenvalue weighted by molar-refractivity contribution is 8.18. The number of imide groups is 1. The summed E-state index contributed by atoms with van der Waals surface area (Å²) in [5.74, 6) is -1.08. The van der Waals surface area contributed by atoms with Crippen LogP contribution in [0.2, 0.25) is 0 Å². The third-order valence-corrected chi connectivity index (χ3v) is 5.09. The lowest BCUT2D eigenvalue weighted by Gasteiger charge is -2.14. The molecule has 0 unspecified atom stereocenters. The summed E-state index contributed by atoms with van der Waals surface area (Å²) in [6.45, 7) is -0.415. The lowest BCUT2D eigenvalue weighted by molar-refractivity contribution is -0.127. The number of nitrogens with zero attached hydrogens (tertiary/aromatic N) is 1. The number of para-hydroxylation sites is 2. The molecule has 1 fully saturated rings. The van der Waals surface area contributed by atoms with E-state index < -0.39 is 29.6 Å². The highest BCUT2D eigenvalue weighted by Gasteiger charge is 2.36. The van der Waals surface area contributed by atoms with E-state index in [1.165, 1.54) is 20.3 Å². The number of nitrogens with one attached hydrogen (secondary N) is 1. The molecular formula is C21H18N2O6S. The Morgan fingerprint density at radius 2 is 1.77 bits per heavy atom. The molecule has 30 heavy (non-hydrogen) atoms. The quantitative estimate of drug-likeness (QED) is 0.559. The fourth-order valence-electron chi connectivity index (χ4n) is 2.70. The molecule has 0 radical (unpaired) electrons. The molecule has 0 bridgehead atoms. The number of hydrogen-bond donors (Lipinski definition) is 1. The van der Waals surface area contributed by atoms with Gasteiger partial charge in [-0.3, -0.25) is 19.3 Å². The van der Waals surface area contributed by atoms with Crippen LogP contribution >= 0.6 is 11.8 Å². The fraction of sp³-hybridized carbons (Fsp3) is 0.143. The van der Waals surface area contributed by atoms with Gasteiger partial charge < -0.3 is 14.8 Å². The van der Waals surface area contributed by atoms with Crippen molar-refractivity contribution in [1.29, 1.82) is 0 Å². The first-order valence-corrected chi connectivity index (χ1v) is 9.61. The molecule has 1 heterocycles. The monoisotopic (exact) mass is 426 g/mol. The van der Waals surface area contributed by atoms with Crippen LogP contribution in [0.1, 0.15) is 15.9 Å². The topological polar surface area (TPSA) is 102 Å². The molecule has 1 saturated heterocycles. The Labute approximate surface area is 176 Å². The van der Waals surface area contributed by atoms with Gasteiger partial charge in [0.15, 0.2) is 0 Å². The van der Waals surface area contributed by atoms with E-state index in [0.717, 1.165) is 16.7 Å². The lowest BCUT2D eigenvalue weighted by Crippen LogP contribution is -2.36. The number of carbonyl (C=O) groups excluding carboxylic acids is 4. The molecule has 2 aromatic carbocycles.